The van der Waals surface area contributed by atoms with Crippen LogP contribution in [0, 0.1) is 0 Å². The monoisotopic (exact) mass is 990 g/mol. The summed E-state index contributed by atoms with van der Waals surface area (Å²) in [6.45, 7) is 1.79. The summed E-state index contributed by atoms with van der Waals surface area (Å²) in [6.07, 6.45) is 12.3. The maximum Gasteiger partial charge on any atom is 0.333 e. The highest BCUT2D eigenvalue weighted by molar-refractivity contribution is 6.02. The van der Waals surface area contributed by atoms with E-state index >= 15 is 0 Å². The van der Waals surface area contributed by atoms with Crippen LogP contribution in [0.1, 0.15) is 180 Å². The summed E-state index contributed by atoms with van der Waals surface area (Å²) in [7, 11) is 0. The van der Waals surface area contributed by atoms with Crippen LogP contribution in [0.4, 0.5) is 0 Å². The molecule has 4 saturated heterocycles. The van der Waals surface area contributed by atoms with Gasteiger partial charge in [-0.1, -0.05) is 25.7 Å². The third-order valence-electron chi connectivity index (χ3n) is 12.3. The zero-order chi connectivity index (χ0) is 50.7. The van der Waals surface area contributed by atoms with Gasteiger partial charge in [0.1, 0.15) is 12.1 Å². The summed E-state index contributed by atoms with van der Waals surface area (Å²) < 4.78 is 21.2. The lowest BCUT2D eigenvalue weighted by atomic mass is 10.1. The largest absolute Gasteiger partial charge is 0.466 e. The highest BCUT2D eigenvalue weighted by atomic mass is 16.7. The van der Waals surface area contributed by atoms with Crippen LogP contribution in [-0.4, -0.2) is 143 Å². The van der Waals surface area contributed by atoms with Gasteiger partial charge in [0.05, 0.1) is 52.1 Å². The van der Waals surface area contributed by atoms with E-state index in [1.165, 1.54) is 0 Å². The first kappa shape index (κ1) is 56.6. The zero-order valence-corrected chi connectivity index (χ0v) is 40.3. The second-order valence-corrected chi connectivity index (χ2v) is 17.8. The van der Waals surface area contributed by atoms with Gasteiger partial charge < -0.3 is 38.4 Å². The van der Waals surface area contributed by atoms with Gasteiger partial charge in [0.25, 0.3) is 23.6 Å². The molecular formula is C48H70N4O18. The van der Waals surface area contributed by atoms with Crippen molar-refractivity contribution in [3.63, 3.8) is 0 Å². The molecule has 0 N–H and O–H groups in total. The third-order valence-corrected chi connectivity index (χ3v) is 12.3. The number of hydrogen-bond donors (Lipinski definition) is 0. The number of rotatable bonds is 33. The molecule has 390 valence electrons. The molecule has 6 amide bonds. The molecule has 0 aromatic carbocycles. The van der Waals surface area contributed by atoms with Gasteiger partial charge in [-0.25, -0.2) is 19.2 Å². The summed E-state index contributed by atoms with van der Waals surface area (Å²) in [5.74, 6) is -6.21. The first-order valence-electron chi connectivity index (χ1n) is 25.1. The number of hydrogen-bond acceptors (Lipinski definition) is 18. The van der Waals surface area contributed by atoms with Crippen LogP contribution >= 0.6 is 0 Å². The molecule has 0 aromatic rings. The summed E-state index contributed by atoms with van der Waals surface area (Å²) in [4.78, 5) is 158. The second-order valence-electron chi connectivity index (χ2n) is 17.8. The van der Waals surface area contributed by atoms with Gasteiger partial charge in [-0.2, -0.15) is 0 Å². The van der Waals surface area contributed by atoms with E-state index in [9.17, 15) is 57.5 Å². The standard InChI is InChI=1S/C48H70N4O18/c53-37(49-29-15-17-35(49)47(63)67-33-13-7-5-11-31-65-43(59)25-27-45(61)69-51-39(55)21-22-40(51)56)19-9-3-1-2-4-10-20-38(54)50-30-16-18-36(50)48(64)68-34-14-8-6-12-32-66-44(60)26-28-46(62)70-52-41(57)23-24-42(52)58/h35-36H,1-34H2. The molecule has 0 radical (unpaired) electrons. The number of hydroxylamine groups is 4. The quantitative estimate of drug-likeness (QED) is 0.0386. The van der Waals surface area contributed by atoms with Crippen molar-refractivity contribution >= 4 is 71.3 Å². The Morgan fingerprint density at radius 1 is 0.371 bits per heavy atom. The molecule has 4 heterocycles. The number of carbonyl (C=O) groups is 12. The topological polar surface area (TPSA) is 273 Å². The SMILES string of the molecule is O=C(CCC(=O)ON1C(=O)CCC1=O)OCCCCCCOC(=O)C1CCCN1C(=O)CCCCCCCCC(=O)N1CCCC1C(=O)OCCCCCCOC(=O)CCC(=O)ON1C(=O)CCC1=O. The van der Waals surface area contributed by atoms with Crippen LogP contribution in [0.2, 0.25) is 0 Å². The van der Waals surface area contributed by atoms with E-state index in [-0.39, 0.29) is 89.6 Å². The summed E-state index contributed by atoms with van der Waals surface area (Å²) in [5.41, 5.74) is 0. The molecule has 22 heteroatoms. The molecule has 4 aliphatic rings. The zero-order valence-electron chi connectivity index (χ0n) is 40.3. The molecule has 2 atom stereocenters. The average molecular weight is 991 g/mol. The first-order chi connectivity index (χ1) is 33.7. The van der Waals surface area contributed by atoms with Gasteiger partial charge in [0.2, 0.25) is 11.8 Å². The number of imide groups is 2. The fraction of sp³-hybridized carbons (Fsp3) is 0.750. The van der Waals surface area contributed by atoms with Gasteiger partial charge in [-0.3, -0.25) is 38.4 Å². The number of likely N-dealkylation sites (tertiary alicyclic amines) is 2. The summed E-state index contributed by atoms with van der Waals surface area (Å²) in [6, 6.07) is -1.16. The predicted molar refractivity (Wildman–Crippen MR) is 240 cm³/mol. The number of nitrogens with zero attached hydrogens (tertiary/aromatic N) is 4. The maximum absolute atomic E-state index is 13.0. The van der Waals surface area contributed by atoms with Crippen molar-refractivity contribution in [2.24, 2.45) is 0 Å². The number of esters is 4. The molecule has 4 rings (SSSR count). The van der Waals surface area contributed by atoms with Crippen LogP contribution in [-0.2, 0) is 86.2 Å². The smallest absolute Gasteiger partial charge is 0.333 e. The normalized spacial score (nSPS) is 17.8. The Bertz CT molecular complexity index is 1690. The van der Waals surface area contributed by atoms with E-state index in [1.54, 1.807) is 9.80 Å². The number of unbranched alkanes of at least 4 members (excludes halogenated alkanes) is 11. The van der Waals surface area contributed by atoms with E-state index in [0.29, 0.717) is 87.4 Å². The highest BCUT2D eigenvalue weighted by Gasteiger charge is 2.37. The van der Waals surface area contributed by atoms with Crippen molar-refractivity contribution in [2.75, 3.05) is 39.5 Å². The fourth-order valence-electron chi connectivity index (χ4n) is 8.36. The van der Waals surface area contributed by atoms with Crippen molar-refractivity contribution in [1.29, 1.82) is 0 Å². The Labute approximate surface area is 407 Å². The van der Waals surface area contributed by atoms with E-state index in [4.69, 9.17) is 28.6 Å². The molecule has 4 aliphatic heterocycles. The summed E-state index contributed by atoms with van der Waals surface area (Å²) >= 11 is 0. The van der Waals surface area contributed by atoms with E-state index in [1.807, 2.05) is 0 Å². The number of amides is 6. The Kier molecular flexibility index (Phi) is 25.3. The molecule has 4 fully saturated rings. The lowest BCUT2D eigenvalue weighted by Crippen LogP contribution is -2.41. The molecule has 2 unspecified atom stereocenters. The lowest BCUT2D eigenvalue weighted by molar-refractivity contribution is -0.197. The van der Waals surface area contributed by atoms with Gasteiger partial charge in [-0.15, -0.1) is 10.1 Å². The molecular weight excluding hydrogens is 921 g/mol. The molecule has 0 spiro atoms. The molecule has 0 saturated carbocycles. The van der Waals surface area contributed by atoms with Gasteiger partial charge >= 0.3 is 35.8 Å². The summed E-state index contributed by atoms with van der Waals surface area (Å²) in [5, 5.41) is 0.866. The molecule has 22 nitrogen and oxygen atoms in total. The predicted octanol–water partition coefficient (Wildman–Crippen LogP) is 4.16. The van der Waals surface area contributed by atoms with Crippen LogP contribution in [0.15, 0.2) is 0 Å². The molecule has 0 aliphatic carbocycles. The van der Waals surface area contributed by atoms with Crippen molar-refractivity contribution in [2.45, 2.75) is 192 Å². The van der Waals surface area contributed by atoms with E-state index in [0.717, 1.165) is 64.2 Å². The minimum absolute atomic E-state index is 0.0165. The molecule has 70 heavy (non-hydrogen) atoms. The van der Waals surface area contributed by atoms with Gasteiger partial charge in [0.15, 0.2) is 0 Å². The highest BCUT2D eigenvalue weighted by Crippen LogP contribution is 2.23. The third kappa shape index (κ3) is 20.2. The first-order valence-corrected chi connectivity index (χ1v) is 25.1. The average Bonchev–Trinajstić information content (AvgIpc) is 4.17. The van der Waals surface area contributed by atoms with Crippen molar-refractivity contribution in [3.05, 3.63) is 0 Å². The lowest BCUT2D eigenvalue weighted by Gasteiger charge is -2.23. The van der Waals surface area contributed by atoms with Crippen LogP contribution in [0.25, 0.3) is 0 Å². The Morgan fingerprint density at radius 2 is 0.671 bits per heavy atom. The van der Waals surface area contributed by atoms with Crippen LogP contribution in [0.5, 0.6) is 0 Å². The Morgan fingerprint density at radius 3 is 1.03 bits per heavy atom. The minimum atomic E-state index is -0.868. The minimum Gasteiger partial charge on any atom is -0.466 e. The van der Waals surface area contributed by atoms with Gasteiger partial charge in [0, 0.05) is 51.6 Å². The number of ether oxygens (including phenoxy) is 4. The Hall–Kier alpha value is -5.96. The van der Waals surface area contributed by atoms with Crippen molar-refractivity contribution < 1.29 is 86.2 Å². The second kappa shape index (κ2) is 31.3. The fourth-order valence-corrected chi connectivity index (χ4v) is 8.36. The van der Waals surface area contributed by atoms with Crippen molar-refractivity contribution in [3.8, 4) is 0 Å². The van der Waals surface area contributed by atoms with Crippen LogP contribution in [0.3, 0.4) is 0 Å². The van der Waals surface area contributed by atoms with Gasteiger partial charge in [-0.05, 0) is 89.9 Å². The van der Waals surface area contributed by atoms with E-state index < -0.39 is 71.5 Å². The number of carbonyl (C=O) groups excluding carboxylic acids is 12. The molecule has 0 bridgehead atoms. The molecule has 0 aromatic heterocycles. The Balaban J connectivity index is 0.926. The van der Waals surface area contributed by atoms with E-state index in [2.05, 4.69) is 0 Å². The van der Waals surface area contributed by atoms with Crippen LogP contribution < -0.4 is 0 Å². The maximum atomic E-state index is 13.0. The van der Waals surface area contributed by atoms with Crippen molar-refractivity contribution in [1.82, 2.24) is 19.9 Å².